The molecule has 0 aromatic heterocycles. The van der Waals surface area contributed by atoms with Gasteiger partial charge < -0.3 is 9.64 Å². The zero-order chi connectivity index (χ0) is 20.1. The molecular weight excluding hydrogens is 385 g/mol. The van der Waals surface area contributed by atoms with Crippen LogP contribution < -0.4 is 4.74 Å². The van der Waals surface area contributed by atoms with Crippen LogP contribution in [0, 0.1) is 0 Å². The first-order valence-electron chi connectivity index (χ1n) is 8.08. The summed E-state index contributed by atoms with van der Waals surface area (Å²) in [6, 6.07) is 4.03. The molecule has 1 fully saturated rings. The lowest BCUT2D eigenvalue weighted by atomic mass is 10.3. The second-order valence-electron chi connectivity index (χ2n) is 5.63. The first-order chi connectivity index (χ1) is 12.6. The van der Waals surface area contributed by atoms with Crippen LogP contribution in [0.4, 0.5) is 13.2 Å². The number of carbonyl (C=O) groups excluding carboxylic acids is 1. The summed E-state index contributed by atoms with van der Waals surface area (Å²) >= 11 is 0. The standard InChI is InChI=1S/C17H19F3N2O4S/c1-2-3-4-5-16(23)21-10-12-22(13-11-21)27(24,25)15-8-6-14(7-9-15)26-17(18,19)20/h2-9H,10-13H2,1H3. The lowest BCUT2D eigenvalue weighted by Crippen LogP contribution is -2.50. The maximum absolute atomic E-state index is 12.6. The Kier molecular flexibility index (Phi) is 6.66. The van der Waals surface area contributed by atoms with Crippen LogP contribution in [0.5, 0.6) is 5.75 Å². The highest BCUT2D eigenvalue weighted by Gasteiger charge is 2.32. The van der Waals surface area contributed by atoms with Gasteiger partial charge in [-0.15, -0.1) is 13.2 Å². The number of allylic oxidation sites excluding steroid dienone is 3. The smallest absolute Gasteiger partial charge is 0.406 e. The first-order valence-corrected chi connectivity index (χ1v) is 9.52. The second kappa shape index (κ2) is 8.57. The third-order valence-electron chi connectivity index (χ3n) is 3.79. The van der Waals surface area contributed by atoms with E-state index in [4.69, 9.17) is 0 Å². The molecule has 1 heterocycles. The van der Waals surface area contributed by atoms with Gasteiger partial charge in [-0.25, -0.2) is 8.42 Å². The van der Waals surface area contributed by atoms with Crippen molar-refractivity contribution in [2.24, 2.45) is 0 Å². The lowest BCUT2D eigenvalue weighted by Gasteiger charge is -2.33. The Bertz CT molecular complexity index is 810. The highest BCUT2D eigenvalue weighted by molar-refractivity contribution is 7.89. The van der Waals surface area contributed by atoms with Crippen molar-refractivity contribution in [2.45, 2.75) is 18.2 Å². The van der Waals surface area contributed by atoms with Crippen LogP contribution in [-0.2, 0) is 14.8 Å². The summed E-state index contributed by atoms with van der Waals surface area (Å²) in [6.07, 6.45) is 1.66. The van der Waals surface area contributed by atoms with Gasteiger partial charge in [0, 0.05) is 32.3 Å². The van der Waals surface area contributed by atoms with Crippen LogP contribution in [0.2, 0.25) is 0 Å². The van der Waals surface area contributed by atoms with E-state index in [2.05, 4.69) is 4.74 Å². The predicted octanol–water partition coefficient (Wildman–Crippen LogP) is 2.55. The van der Waals surface area contributed by atoms with Crippen molar-refractivity contribution in [3.05, 3.63) is 48.6 Å². The maximum Gasteiger partial charge on any atom is 0.573 e. The van der Waals surface area contributed by atoms with E-state index < -0.39 is 22.1 Å². The minimum Gasteiger partial charge on any atom is -0.406 e. The van der Waals surface area contributed by atoms with Gasteiger partial charge in [-0.3, -0.25) is 4.79 Å². The number of amides is 1. The molecule has 1 aromatic carbocycles. The third kappa shape index (κ3) is 5.83. The number of piperazine rings is 1. The Morgan fingerprint density at radius 2 is 1.67 bits per heavy atom. The van der Waals surface area contributed by atoms with E-state index in [-0.39, 0.29) is 37.0 Å². The molecule has 6 nitrogen and oxygen atoms in total. The highest BCUT2D eigenvalue weighted by atomic mass is 32.2. The molecule has 0 bridgehead atoms. The summed E-state index contributed by atoms with van der Waals surface area (Å²) in [5, 5.41) is 0. The van der Waals surface area contributed by atoms with Crippen LogP contribution in [0.1, 0.15) is 6.92 Å². The average molecular weight is 404 g/mol. The van der Waals surface area contributed by atoms with Gasteiger partial charge in [0.15, 0.2) is 0 Å². The predicted molar refractivity (Wildman–Crippen MR) is 92.4 cm³/mol. The number of halogens is 3. The fraction of sp³-hybridized carbons (Fsp3) is 0.353. The van der Waals surface area contributed by atoms with E-state index in [0.717, 1.165) is 24.3 Å². The van der Waals surface area contributed by atoms with Crippen molar-refractivity contribution in [3.8, 4) is 5.75 Å². The largest absolute Gasteiger partial charge is 0.573 e. The summed E-state index contributed by atoms with van der Waals surface area (Å²) in [6.45, 7) is 2.49. The Morgan fingerprint density at radius 1 is 1.07 bits per heavy atom. The lowest BCUT2D eigenvalue weighted by molar-refractivity contribution is -0.274. The monoisotopic (exact) mass is 404 g/mol. The molecular formula is C17H19F3N2O4S. The molecule has 1 aliphatic rings. The minimum atomic E-state index is -4.84. The zero-order valence-electron chi connectivity index (χ0n) is 14.5. The molecule has 1 aliphatic heterocycles. The van der Waals surface area contributed by atoms with Crippen molar-refractivity contribution in [1.82, 2.24) is 9.21 Å². The molecule has 1 saturated heterocycles. The van der Waals surface area contributed by atoms with Gasteiger partial charge in [0.1, 0.15) is 5.75 Å². The van der Waals surface area contributed by atoms with Gasteiger partial charge in [-0.1, -0.05) is 18.2 Å². The summed E-state index contributed by atoms with van der Waals surface area (Å²) in [5.41, 5.74) is 0. The Balaban J connectivity index is 2.01. The van der Waals surface area contributed by atoms with E-state index >= 15 is 0 Å². The summed E-state index contributed by atoms with van der Waals surface area (Å²) < 4.78 is 66.7. The van der Waals surface area contributed by atoms with Crippen LogP contribution in [0.25, 0.3) is 0 Å². The van der Waals surface area contributed by atoms with Gasteiger partial charge in [0.05, 0.1) is 4.90 Å². The van der Waals surface area contributed by atoms with E-state index in [0.29, 0.717) is 0 Å². The van der Waals surface area contributed by atoms with Crippen molar-refractivity contribution in [3.63, 3.8) is 0 Å². The number of hydrogen-bond donors (Lipinski definition) is 0. The zero-order valence-corrected chi connectivity index (χ0v) is 15.3. The van der Waals surface area contributed by atoms with E-state index in [9.17, 15) is 26.4 Å². The SMILES string of the molecule is CC=CC=CC(=O)N1CCN(S(=O)(=O)c2ccc(OC(F)(F)F)cc2)CC1. The average Bonchev–Trinajstić information content (AvgIpc) is 2.61. The molecule has 2 rings (SSSR count). The Labute approximate surface area is 155 Å². The molecule has 27 heavy (non-hydrogen) atoms. The molecule has 0 aliphatic carbocycles. The van der Waals surface area contributed by atoms with Crippen LogP contribution >= 0.6 is 0 Å². The number of nitrogens with zero attached hydrogens (tertiary/aromatic N) is 2. The highest BCUT2D eigenvalue weighted by Crippen LogP contribution is 2.25. The number of benzene rings is 1. The van der Waals surface area contributed by atoms with Crippen LogP contribution in [-0.4, -0.2) is 56.1 Å². The summed E-state index contributed by atoms with van der Waals surface area (Å²) in [7, 11) is -3.86. The molecule has 0 spiro atoms. The van der Waals surface area contributed by atoms with E-state index in [1.54, 1.807) is 18.2 Å². The number of ether oxygens (including phenoxy) is 1. The third-order valence-corrected chi connectivity index (χ3v) is 5.70. The minimum absolute atomic E-state index is 0.104. The quantitative estimate of drug-likeness (QED) is 0.559. The van der Waals surface area contributed by atoms with Crippen molar-refractivity contribution in [2.75, 3.05) is 26.2 Å². The Hall–Kier alpha value is -2.33. The number of rotatable bonds is 5. The van der Waals surface area contributed by atoms with Gasteiger partial charge in [-0.05, 0) is 31.2 Å². The molecule has 0 saturated carbocycles. The fourth-order valence-corrected chi connectivity index (χ4v) is 3.89. The summed E-state index contributed by atoms with van der Waals surface area (Å²) in [4.78, 5) is 13.4. The molecule has 10 heteroatoms. The molecule has 0 atom stereocenters. The molecule has 148 valence electrons. The van der Waals surface area contributed by atoms with Crippen molar-refractivity contribution in [1.29, 1.82) is 0 Å². The van der Waals surface area contributed by atoms with Crippen LogP contribution in [0.3, 0.4) is 0 Å². The molecule has 0 N–H and O–H groups in total. The van der Waals surface area contributed by atoms with Crippen LogP contribution in [0.15, 0.2) is 53.5 Å². The number of alkyl halides is 3. The second-order valence-corrected chi connectivity index (χ2v) is 7.57. The number of carbonyl (C=O) groups is 1. The molecule has 0 radical (unpaired) electrons. The summed E-state index contributed by atoms with van der Waals surface area (Å²) in [5.74, 6) is -0.705. The Morgan fingerprint density at radius 3 is 2.19 bits per heavy atom. The normalized spacial score (nSPS) is 17.0. The molecule has 1 amide bonds. The fourth-order valence-electron chi connectivity index (χ4n) is 2.47. The van der Waals surface area contributed by atoms with Gasteiger partial charge >= 0.3 is 6.36 Å². The van der Waals surface area contributed by atoms with Gasteiger partial charge in [-0.2, -0.15) is 4.31 Å². The van der Waals surface area contributed by atoms with Crippen molar-refractivity contribution >= 4 is 15.9 Å². The van der Waals surface area contributed by atoms with Gasteiger partial charge in [0.25, 0.3) is 0 Å². The number of sulfonamides is 1. The first kappa shape index (κ1) is 21.0. The molecule has 0 unspecified atom stereocenters. The molecule has 1 aromatic rings. The van der Waals surface area contributed by atoms with E-state index in [1.807, 2.05) is 6.92 Å². The maximum atomic E-state index is 12.6. The van der Waals surface area contributed by atoms with E-state index in [1.165, 1.54) is 15.3 Å². The number of hydrogen-bond acceptors (Lipinski definition) is 4. The van der Waals surface area contributed by atoms with Gasteiger partial charge in [0.2, 0.25) is 15.9 Å². The topological polar surface area (TPSA) is 66.9 Å². The van der Waals surface area contributed by atoms with Crippen molar-refractivity contribution < 1.29 is 31.1 Å².